The van der Waals surface area contributed by atoms with Crippen LogP contribution < -0.4 is 5.32 Å². The molecule has 78 valence electrons. The summed E-state index contributed by atoms with van der Waals surface area (Å²) in [6.07, 6.45) is 6.20. The third kappa shape index (κ3) is 1.53. The molecule has 0 bridgehead atoms. The van der Waals surface area contributed by atoms with Crippen LogP contribution in [0.2, 0.25) is 0 Å². The molecule has 2 heterocycles. The average molecular weight is 201 g/mol. The molecule has 0 amide bonds. The maximum absolute atomic E-state index is 4.42. The lowest BCUT2D eigenvalue weighted by molar-refractivity contribution is 0.327. The Balaban J connectivity index is 2.02. The minimum atomic E-state index is 0.436. The Bertz CT molecular complexity index is 455. The molecule has 1 saturated heterocycles. The molecule has 0 aliphatic carbocycles. The number of rotatable bonds is 1. The van der Waals surface area contributed by atoms with E-state index < -0.39 is 0 Å². The highest BCUT2D eigenvalue weighted by atomic mass is 15.2. The third-order valence-corrected chi connectivity index (χ3v) is 3.10. The van der Waals surface area contributed by atoms with E-state index in [0.29, 0.717) is 6.17 Å². The lowest BCUT2D eigenvalue weighted by Gasteiger charge is -2.25. The summed E-state index contributed by atoms with van der Waals surface area (Å²) in [6.45, 7) is 1.12. The van der Waals surface area contributed by atoms with Gasteiger partial charge in [-0.15, -0.1) is 0 Å². The van der Waals surface area contributed by atoms with Crippen molar-refractivity contribution in [1.82, 2.24) is 14.9 Å². The summed E-state index contributed by atoms with van der Waals surface area (Å²) in [5, 5.41) is 3.54. The van der Waals surface area contributed by atoms with Gasteiger partial charge in [-0.2, -0.15) is 0 Å². The van der Waals surface area contributed by atoms with Crippen molar-refractivity contribution in [3.63, 3.8) is 0 Å². The number of aromatic nitrogens is 2. The number of benzene rings is 1. The van der Waals surface area contributed by atoms with Gasteiger partial charge in [-0.05, 0) is 37.9 Å². The number of hydrogen-bond acceptors (Lipinski definition) is 2. The van der Waals surface area contributed by atoms with E-state index in [2.05, 4.69) is 33.1 Å². The van der Waals surface area contributed by atoms with Crippen LogP contribution in [0.15, 0.2) is 30.6 Å². The zero-order valence-electron chi connectivity index (χ0n) is 8.69. The summed E-state index contributed by atoms with van der Waals surface area (Å²) >= 11 is 0. The Kier molecular flexibility index (Phi) is 2.18. The van der Waals surface area contributed by atoms with E-state index in [1.807, 2.05) is 12.4 Å². The molecule has 3 heteroatoms. The number of piperidine rings is 1. The summed E-state index contributed by atoms with van der Waals surface area (Å²) in [6, 6.07) is 8.31. The van der Waals surface area contributed by atoms with Crippen LogP contribution in [0.3, 0.4) is 0 Å². The van der Waals surface area contributed by atoms with Crippen molar-refractivity contribution >= 4 is 11.0 Å². The van der Waals surface area contributed by atoms with Crippen LogP contribution in [-0.4, -0.2) is 16.1 Å². The van der Waals surface area contributed by atoms with Gasteiger partial charge in [0, 0.05) is 0 Å². The minimum Gasteiger partial charge on any atom is -0.314 e. The maximum atomic E-state index is 4.42. The highest BCUT2D eigenvalue weighted by Crippen LogP contribution is 2.21. The lowest BCUT2D eigenvalue weighted by Crippen LogP contribution is -2.30. The van der Waals surface area contributed by atoms with Crippen molar-refractivity contribution in [3.05, 3.63) is 30.6 Å². The van der Waals surface area contributed by atoms with Gasteiger partial charge in [-0.3, -0.25) is 5.32 Å². The quantitative estimate of drug-likeness (QED) is 0.767. The van der Waals surface area contributed by atoms with E-state index in [1.165, 1.54) is 24.8 Å². The number of fused-ring (bicyclic) bond motifs is 1. The second-order valence-electron chi connectivity index (χ2n) is 4.11. The minimum absolute atomic E-state index is 0.436. The molecule has 1 fully saturated rings. The Morgan fingerprint density at radius 1 is 1.27 bits per heavy atom. The molecule has 15 heavy (non-hydrogen) atoms. The molecular formula is C12H15N3. The summed E-state index contributed by atoms with van der Waals surface area (Å²) in [7, 11) is 0. The third-order valence-electron chi connectivity index (χ3n) is 3.10. The van der Waals surface area contributed by atoms with Gasteiger partial charge in [0.25, 0.3) is 0 Å². The van der Waals surface area contributed by atoms with Crippen LogP contribution in [0.1, 0.15) is 25.4 Å². The number of hydrogen-bond donors (Lipinski definition) is 1. The smallest absolute Gasteiger partial charge is 0.0971 e. The van der Waals surface area contributed by atoms with Crippen molar-refractivity contribution in [2.45, 2.75) is 25.4 Å². The number of nitrogens with zero attached hydrogens (tertiary/aromatic N) is 2. The first-order chi connectivity index (χ1) is 7.45. The molecular weight excluding hydrogens is 186 g/mol. The fourth-order valence-corrected chi connectivity index (χ4v) is 2.30. The Hall–Kier alpha value is -1.35. The summed E-state index contributed by atoms with van der Waals surface area (Å²) in [5.74, 6) is 0. The Morgan fingerprint density at radius 3 is 3.07 bits per heavy atom. The highest BCUT2D eigenvalue weighted by Gasteiger charge is 2.15. The van der Waals surface area contributed by atoms with Gasteiger partial charge >= 0.3 is 0 Å². The highest BCUT2D eigenvalue weighted by molar-refractivity contribution is 5.75. The van der Waals surface area contributed by atoms with Crippen LogP contribution in [0.25, 0.3) is 11.0 Å². The van der Waals surface area contributed by atoms with Gasteiger partial charge < -0.3 is 4.57 Å². The van der Waals surface area contributed by atoms with Crippen molar-refractivity contribution < 1.29 is 0 Å². The second-order valence-corrected chi connectivity index (χ2v) is 4.11. The second kappa shape index (κ2) is 3.66. The topological polar surface area (TPSA) is 29.9 Å². The predicted octanol–water partition coefficient (Wildman–Crippen LogP) is 2.31. The molecule has 1 N–H and O–H groups in total. The first-order valence-electron chi connectivity index (χ1n) is 5.60. The van der Waals surface area contributed by atoms with E-state index in [1.54, 1.807) is 0 Å². The molecule has 1 atom stereocenters. The van der Waals surface area contributed by atoms with Gasteiger partial charge in [0.2, 0.25) is 0 Å². The fourth-order valence-electron chi connectivity index (χ4n) is 2.30. The monoisotopic (exact) mass is 201 g/mol. The lowest BCUT2D eigenvalue weighted by atomic mass is 10.1. The van der Waals surface area contributed by atoms with E-state index in [4.69, 9.17) is 0 Å². The summed E-state index contributed by atoms with van der Waals surface area (Å²) in [4.78, 5) is 4.42. The van der Waals surface area contributed by atoms with Crippen LogP contribution in [0.4, 0.5) is 0 Å². The van der Waals surface area contributed by atoms with Crippen LogP contribution in [-0.2, 0) is 0 Å². The van der Waals surface area contributed by atoms with Crippen molar-refractivity contribution in [2.24, 2.45) is 0 Å². The molecule has 0 saturated carbocycles. The summed E-state index contributed by atoms with van der Waals surface area (Å²) in [5.41, 5.74) is 2.32. The van der Waals surface area contributed by atoms with E-state index in [0.717, 1.165) is 12.1 Å². The molecule has 3 nitrogen and oxygen atoms in total. The molecule has 0 unspecified atom stereocenters. The van der Waals surface area contributed by atoms with Crippen molar-refractivity contribution in [2.75, 3.05) is 6.54 Å². The fraction of sp³-hybridized carbons (Fsp3) is 0.417. The Labute approximate surface area is 89.1 Å². The largest absolute Gasteiger partial charge is 0.314 e. The summed E-state index contributed by atoms with van der Waals surface area (Å²) < 4.78 is 2.26. The van der Waals surface area contributed by atoms with Crippen LogP contribution in [0, 0.1) is 0 Å². The van der Waals surface area contributed by atoms with Crippen molar-refractivity contribution in [1.29, 1.82) is 0 Å². The van der Waals surface area contributed by atoms with E-state index >= 15 is 0 Å². The van der Waals surface area contributed by atoms with Gasteiger partial charge in [0.05, 0.1) is 23.5 Å². The number of para-hydroxylation sites is 2. The van der Waals surface area contributed by atoms with E-state index in [-0.39, 0.29) is 0 Å². The standard InChI is InChI=1S/C12H15N3/c1-2-6-11-10(5-1)14-9-15(11)12-7-3-4-8-13-12/h1-2,5-6,9,12-13H,3-4,7-8H2/t12-/m1/s1. The molecule has 3 rings (SSSR count). The van der Waals surface area contributed by atoms with Gasteiger partial charge in [-0.1, -0.05) is 12.1 Å². The Morgan fingerprint density at radius 2 is 2.20 bits per heavy atom. The zero-order valence-corrected chi connectivity index (χ0v) is 8.69. The van der Waals surface area contributed by atoms with Gasteiger partial charge in [0.15, 0.2) is 0 Å². The SMILES string of the molecule is c1ccc2c(c1)ncn2[C@@H]1CCCCN1. The van der Waals surface area contributed by atoms with Gasteiger partial charge in [-0.25, -0.2) is 4.98 Å². The predicted molar refractivity (Wildman–Crippen MR) is 60.6 cm³/mol. The number of nitrogens with one attached hydrogen (secondary N) is 1. The molecule has 1 aliphatic rings. The van der Waals surface area contributed by atoms with Crippen LogP contribution >= 0.6 is 0 Å². The first kappa shape index (κ1) is 8.92. The molecule has 1 aromatic carbocycles. The normalized spacial score (nSPS) is 22.0. The molecule has 0 radical (unpaired) electrons. The number of imidazole rings is 1. The molecule has 2 aromatic rings. The first-order valence-corrected chi connectivity index (χ1v) is 5.60. The van der Waals surface area contributed by atoms with Crippen LogP contribution in [0.5, 0.6) is 0 Å². The molecule has 0 spiro atoms. The average Bonchev–Trinajstić information content (AvgIpc) is 2.74. The molecule has 1 aromatic heterocycles. The zero-order chi connectivity index (χ0) is 10.1. The van der Waals surface area contributed by atoms with Crippen molar-refractivity contribution in [3.8, 4) is 0 Å². The maximum Gasteiger partial charge on any atom is 0.0971 e. The van der Waals surface area contributed by atoms with E-state index in [9.17, 15) is 0 Å². The molecule has 1 aliphatic heterocycles. The van der Waals surface area contributed by atoms with Gasteiger partial charge in [0.1, 0.15) is 0 Å².